The maximum Gasteiger partial charge on any atom is 0.472 e. The molecule has 3 aromatic rings. The van der Waals surface area contributed by atoms with E-state index in [4.69, 9.17) is 28.0 Å². The average Bonchev–Trinajstić information content (AvgIpc) is 3.17. The first-order chi connectivity index (χ1) is 24.8. The summed E-state index contributed by atoms with van der Waals surface area (Å²) in [4.78, 5) is 35.4. The third kappa shape index (κ3) is 12.6. The maximum atomic E-state index is 13.3. The smallest absolute Gasteiger partial charge is 0.469 e. The molecule has 2 unspecified atom stereocenters. The zero-order valence-electron chi connectivity index (χ0n) is 29.4. The predicted octanol–water partition coefficient (Wildman–Crippen LogP) is 5.91. The lowest BCUT2D eigenvalue weighted by atomic mass is 9.76. The monoisotopic (exact) mass is 727 g/mol. The summed E-state index contributed by atoms with van der Waals surface area (Å²) in [5, 5.41) is 3.44. The van der Waals surface area contributed by atoms with Gasteiger partial charge < -0.3 is 28.6 Å². The predicted molar refractivity (Wildman–Crippen MR) is 190 cm³/mol. The molecule has 51 heavy (non-hydrogen) atoms. The minimum absolute atomic E-state index is 0.0803. The number of phosphoric acid groups is 1. The van der Waals surface area contributed by atoms with E-state index in [1.54, 1.807) is 0 Å². The van der Waals surface area contributed by atoms with Crippen LogP contribution in [0.5, 0.6) is 0 Å². The quantitative estimate of drug-likeness (QED) is 0.0549. The van der Waals surface area contributed by atoms with Crippen molar-refractivity contribution < 1.29 is 51.8 Å². The summed E-state index contributed by atoms with van der Waals surface area (Å²) in [7, 11) is -2.11. The summed E-state index contributed by atoms with van der Waals surface area (Å²) >= 11 is 0. The Morgan fingerprint density at radius 2 is 1.41 bits per heavy atom. The van der Waals surface area contributed by atoms with Gasteiger partial charge in [-0.25, -0.2) is 4.57 Å². The highest BCUT2D eigenvalue weighted by Gasteiger charge is 2.41. The van der Waals surface area contributed by atoms with Crippen LogP contribution in [0.3, 0.4) is 0 Å². The summed E-state index contributed by atoms with van der Waals surface area (Å²) in [6.07, 6.45) is 3.83. The first kappa shape index (κ1) is 40.3. The summed E-state index contributed by atoms with van der Waals surface area (Å²) in [5.74, 6) is -0.945. The Bertz CT molecular complexity index is 1390. The molecule has 1 heterocycles. The van der Waals surface area contributed by atoms with Crippen LogP contribution in [0.15, 0.2) is 91.0 Å². The standard InChI is InChI=1S/C38H50NO11P/c1-44-35(40)23-13-6-15-25-46-27-33(50-36-24-14-16-26-47-36)28-48-51(42,43)49-29-34(37(41)45-2)39-38(30-17-7-3-8-18-30,31-19-9-4-10-20-31)32-21-11-5-12-22-32/h3-5,7-12,17-22,33-34,36,39H,6,13-16,23-29H2,1-2H3,(H,42,43)/t33-,34+,36?/m1/s1. The Kier molecular flexibility index (Phi) is 16.7. The molecule has 1 fully saturated rings. The zero-order chi connectivity index (χ0) is 36.4. The number of hydrogen-bond acceptors (Lipinski definition) is 11. The largest absolute Gasteiger partial charge is 0.472 e. The highest BCUT2D eigenvalue weighted by Crippen LogP contribution is 2.44. The first-order valence-electron chi connectivity index (χ1n) is 17.3. The van der Waals surface area contributed by atoms with Crippen LogP contribution in [0.4, 0.5) is 0 Å². The van der Waals surface area contributed by atoms with Gasteiger partial charge in [-0.05, 0) is 48.8 Å². The van der Waals surface area contributed by atoms with Crippen LogP contribution in [-0.4, -0.2) is 82.5 Å². The Morgan fingerprint density at radius 3 is 1.94 bits per heavy atom. The number of rotatable bonds is 22. The number of carbonyl (C=O) groups is 2. The number of methoxy groups -OCH3 is 2. The van der Waals surface area contributed by atoms with E-state index < -0.39 is 44.4 Å². The lowest BCUT2D eigenvalue weighted by molar-refractivity contribution is -0.204. The fourth-order valence-electron chi connectivity index (χ4n) is 5.90. The molecule has 12 nitrogen and oxygen atoms in total. The number of nitrogens with one attached hydrogen (secondary N) is 1. The second-order valence-corrected chi connectivity index (χ2v) is 13.6. The van der Waals surface area contributed by atoms with Gasteiger partial charge in [-0.1, -0.05) is 97.4 Å². The van der Waals surface area contributed by atoms with Gasteiger partial charge in [0.05, 0.1) is 39.6 Å². The fraction of sp³-hybridized carbons (Fsp3) is 0.474. The fourth-order valence-corrected chi connectivity index (χ4v) is 6.66. The van der Waals surface area contributed by atoms with Gasteiger partial charge in [0, 0.05) is 19.6 Å². The van der Waals surface area contributed by atoms with Crippen molar-refractivity contribution in [3.63, 3.8) is 0 Å². The molecule has 0 spiro atoms. The lowest BCUT2D eigenvalue weighted by Gasteiger charge is -2.39. The molecule has 0 radical (unpaired) electrons. The molecule has 4 rings (SSSR count). The molecule has 2 N–H and O–H groups in total. The summed E-state index contributed by atoms with van der Waals surface area (Å²) in [6.45, 7) is 0.164. The van der Waals surface area contributed by atoms with Crippen molar-refractivity contribution in [1.29, 1.82) is 0 Å². The van der Waals surface area contributed by atoms with Gasteiger partial charge in [-0.15, -0.1) is 0 Å². The first-order valence-corrected chi connectivity index (χ1v) is 18.8. The average molecular weight is 728 g/mol. The van der Waals surface area contributed by atoms with Crippen LogP contribution in [0.2, 0.25) is 0 Å². The van der Waals surface area contributed by atoms with Crippen molar-refractivity contribution in [3.8, 4) is 0 Å². The van der Waals surface area contributed by atoms with E-state index >= 15 is 0 Å². The molecule has 1 aliphatic heterocycles. The van der Waals surface area contributed by atoms with Crippen LogP contribution in [-0.2, 0) is 52.4 Å². The molecule has 0 aliphatic carbocycles. The minimum Gasteiger partial charge on any atom is -0.469 e. The van der Waals surface area contributed by atoms with Gasteiger partial charge in [0.15, 0.2) is 6.29 Å². The molecule has 0 bridgehead atoms. The molecule has 0 amide bonds. The number of ether oxygens (including phenoxy) is 5. The number of unbranched alkanes of at least 4 members (excludes halogenated alkanes) is 2. The Hall–Kier alpha value is -3.45. The van der Waals surface area contributed by atoms with Crippen molar-refractivity contribution in [2.24, 2.45) is 0 Å². The number of benzene rings is 3. The van der Waals surface area contributed by atoms with Crippen LogP contribution >= 0.6 is 7.82 Å². The summed E-state index contributed by atoms with van der Waals surface area (Å²) in [6, 6.07) is 27.6. The number of phosphoric ester groups is 1. The maximum absolute atomic E-state index is 13.3. The van der Waals surface area contributed by atoms with Crippen LogP contribution in [0.1, 0.15) is 61.6 Å². The topological polar surface area (TPSA) is 148 Å². The van der Waals surface area contributed by atoms with Crippen LogP contribution in [0.25, 0.3) is 0 Å². The van der Waals surface area contributed by atoms with E-state index in [-0.39, 0.29) is 19.2 Å². The molecule has 0 aromatic heterocycles. The molecule has 4 atom stereocenters. The molecular formula is C38H50NO11P. The molecular weight excluding hydrogens is 677 g/mol. The molecule has 13 heteroatoms. The molecule has 1 saturated heterocycles. The van der Waals surface area contributed by atoms with Gasteiger partial charge in [0.2, 0.25) is 0 Å². The third-order valence-corrected chi connectivity index (χ3v) is 9.46. The van der Waals surface area contributed by atoms with Crippen molar-refractivity contribution in [3.05, 3.63) is 108 Å². The van der Waals surface area contributed by atoms with Gasteiger partial charge in [-0.3, -0.25) is 24.0 Å². The van der Waals surface area contributed by atoms with E-state index in [9.17, 15) is 19.0 Å². The van der Waals surface area contributed by atoms with E-state index in [0.29, 0.717) is 38.9 Å². The van der Waals surface area contributed by atoms with Crippen molar-refractivity contribution in [2.45, 2.75) is 68.9 Å². The van der Waals surface area contributed by atoms with Crippen molar-refractivity contribution in [1.82, 2.24) is 5.32 Å². The van der Waals surface area contributed by atoms with Crippen molar-refractivity contribution >= 4 is 19.8 Å². The highest BCUT2D eigenvalue weighted by molar-refractivity contribution is 7.47. The SMILES string of the molecule is COC(=O)CCCCCOC[C@H](COP(=O)(O)OC[C@H](NC(c1ccccc1)(c1ccccc1)c1ccccc1)C(=O)OC)OC1CCCCO1. The van der Waals surface area contributed by atoms with E-state index in [0.717, 1.165) is 36.0 Å². The number of carbonyl (C=O) groups excluding carboxylic acids is 2. The van der Waals surface area contributed by atoms with Gasteiger partial charge in [-0.2, -0.15) is 0 Å². The second kappa shape index (κ2) is 21.2. The molecule has 3 aromatic carbocycles. The van der Waals surface area contributed by atoms with Gasteiger partial charge >= 0.3 is 19.8 Å². The number of esters is 2. The Morgan fingerprint density at radius 1 is 0.824 bits per heavy atom. The van der Waals surface area contributed by atoms with E-state index in [2.05, 4.69) is 10.1 Å². The second-order valence-electron chi connectivity index (χ2n) is 12.1. The zero-order valence-corrected chi connectivity index (χ0v) is 30.2. The molecule has 0 saturated carbocycles. The van der Waals surface area contributed by atoms with E-state index in [1.807, 2.05) is 91.0 Å². The van der Waals surface area contributed by atoms with Crippen LogP contribution in [0, 0.1) is 0 Å². The molecule has 1 aliphatic rings. The molecule has 278 valence electrons. The van der Waals surface area contributed by atoms with Gasteiger partial charge in [0.25, 0.3) is 0 Å². The Balaban J connectivity index is 1.46. The van der Waals surface area contributed by atoms with Crippen LogP contribution < -0.4 is 5.32 Å². The minimum atomic E-state index is -4.72. The Labute approximate surface area is 300 Å². The van der Waals surface area contributed by atoms with Crippen molar-refractivity contribution in [2.75, 3.05) is 47.3 Å². The van der Waals surface area contributed by atoms with E-state index in [1.165, 1.54) is 14.2 Å². The van der Waals surface area contributed by atoms with Gasteiger partial charge in [0.1, 0.15) is 12.1 Å². The third-order valence-electron chi connectivity index (χ3n) is 8.51. The highest BCUT2D eigenvalue weighted by atomic mass is 31.2. The lowest BCUT2D eigenvalue weighted by Crippen LogP contribution is -2.54. The normalized spacial score (nSPS) is 17.2. The number of hydrogen-bond donors (Lipinski definition) is 2. The summed E-state index contributed by atoms with van der Waals surface area (Å²) in [5.41, 5.74) is 1.40. The summed E-state index contributed by atoms with van der Waals surface area (Å²) < 4.78 is 51.5.